The fourth-order valence-electron chi connectivity index (χ4n) is 2.16. The second-order valence-corrected chi connectivity index (χ2v) is 5.80. The van der Waals surface area contributed by atoms with Gasteiger partial charge in [0.2, 0.25) is 0 Å². The van der Waals surface area contributed by atoms with Crippen LogP contribution < -0.4 is 0 Å². The normalized spacial score (nSPS) is 10.6. The Morgan fingerprint density at radius 1 is 1.14 bits per heavy atom. The van der Waals surface area contributed by atoms with Crippen LogP contribution in [0.3, 0.4) is 0 Å². The highest BCUT2D eigenvalue weighted by Gasteiger charge is 2.20. The molecule has 4 nitrogen and oxygen atoms in total. The summed E-state index contributed by atoms with van der Waals surface area (Å²) in [6.45, 7) is 5.92. The quantitative estimate of drug-likeness (QED) is 0.911. The fourth-order valence-corrected chi connectivity index (χ4v) is 3.05. The Balaban J connectivity index is 2.48. The summed E-state index contributed by atoms with van der Waals surface area (Å²) in [5, 5.41) is 18.3. The Morgan fingerprint density at radius 2 is 1.81 bits per heavy atom. The molecule has 0 saturated carbocycles. The molecule has 1 aromatic carbocycles. The number of hydrogen-bond acceptors (Lipinski definition) is 4. The molecule has 5 heteroatoms. The highest BCUT2D eigenvalue weighted by atomic mass is 32.2. The van der Waals surface area contributed by atoms with E-state index in [-0.39, 0.29) is 5.56 Å². The topological polar surface area (TPSA) is 63.1 Å². The van der Waals surface area contributed by atoms with Gasteiger partial charge in [0.1, 0.15) is 5.03 Å². The van der Waals surface area contributed by atoms with Gasteiger partial charge in [-0.1, -0.05) is 43.3 Å². The number of aryl methyl sites for hydroxylation is 2. The molecule has 0 aliphatic carbocycles. The summed E-state index contributed by atoms with van der Waals surface area (Å²) in [7, 11) is 0. The van der Waals surface area contributed by atoms with E-state index in [0.717, 1.165) is 16.2 Å². The Bertz CT molecular complexity index is 654. The predicted molar refractivity (Wildman–Crippen MR) is 83.0 cm³/mol. The minimum absolute atomic E-state index is 0.287. The van der Waals surface area contributed by atoms with Gasteiger partial charge in [-0.15, -0.1) is 5.10 Å². The van der Waals surface area contributed by atoms with Crippen LogP contribution in [0.25, 0.3) is 0 Å². The lowest BCUT2D eigenvalue weighted by Crippen LogP contribution is -2.11. The van der Waals surface area contributed by atoms with Crippen molar-refractivity contribution in [2.24, 2.45) is 0 Å². The van der Waals surface area contributed by atoms with Crippen LogP contribution in [0.15, 0.2) is 34.2 Å². The largest absolute Gasteiger partial charge is 0.478 e. The van der Waals surface area contributed by atoms with Crippen LogP contribution in [0.1, 0.15) is 41.0 Å². The van der Waals surface area contributed by atoms with Gasteiger partial charge >= 0.3 is 5.97 Å². The van der Waals surface area contributed by atoms with Gasteiger partial charge in [0.25, 0.3) is 0 Å². The number of aromatic nitrogens is 2. The van der Waals surface area contributed by atoms with E-state index < -0.39 is 5.97 Å². The van der Waals surface area contributed by atoms with E-state index in [1.54, 1.807) is 0 Å². The van der Waals surface area contributed by atoms with Gasteiger partial charge in [0, 0.05) is 4.90 Å². The van der Waals surface area contributed by atoms with Crippen molar-refractivity contribution in [3.8, 4) is 0 Å². The highest BCUT2D eigenvalue weighted by molar-refractivity contribution is 7.99. The molecule has 1 aromatic heterocycles. The number of carboxylic acids is 1. The molecular weight excluding hydrogens is 284 g/mol. The van der Waals surface area contributed by atoms with E-state index >= 15 is 0 Å². The van der Waals surface area contributed by atoms with E-state index in [2.05, 4.69) is 10.2 Å². The van der Waals surface area contributed by atoms with Crippen molar-refractivity contribution in [1.29, 1.82) is 0 Å². The number of nitrogens with zero attached hydrogens (tertiary/aromatic N) is 2. The molecule has 2 rings (SSSR count). The average molecular weight is 302 g/mol. The van der Waals surface area contributed by atoms with Gasteiger partial charge in [0.15, 0.2) is 0 Å². The van der Waals surface area contributed by atoms with Crippen LogP contribution in [0.5, 0.6) is 0 Å². The molecule has 1 N–H and O–H groups in total. The Hall–Kier alpha value is -1.88. The first-order chi connectivity index (χ1) is 10.1. The third-order valence-electron chi connectivity index (χ3n) is 3.26. The average Bonchev–Trinajstić information content (AvgIpc) is 2.48. The fraction of sp³-hybridized carbons (Fsp3) is 0.312. The molecule has 0 radical (unpaired) electrons. The molecule has 0 bridgehead atoms. The molecule has 1 heterocycles. The maximum atomic E-state index is 11.6. The van der Waals surface area contributed by atoms with E-state index in [1.165, 1.54) is 17.3 Å². The molecule has 0 aliphatic rings. The summed E-state index contributed by atoms with van der Waals surface area (Å²) in [5.41, 5.74) is 3.01. The molecule has 0 fully saturated rings. The zero-order chi connectivity index (χ0) is 15.4. The maximum Gasteiger partial charge on any atom is 0.338 e. The third kappa shape index (κ3) is 3.42. The summed E-state index contributed by atoms with van der Waals surface area (Å²) >= 11 is 1.35. The molecule has 0 unspecified atom stereocenters. The van der Waals surface area contributed by atoms with Gasteiger partial charge in [-0.25, -0.2) is 4.79 Å². The predicted octanol–water partition coefficient (Wildman–Crippen LogP) is 3.76. The van der Waals surface area contributed by atoms with E-state index in [1.807, 2.05) is 45.0 Å². The van der Waals surface area contributed by atoms with Crippen molar-refractivity contribution in [2.75, 3.05) is 0 Å². The minimum atomic E-state index is -0.939. The SMILES string of the molecule is CCc1nnc(Sc2ccc(C)cc2)c(C(=O)O)c1CC. The van der Waals surface area contributed by atoms with E-state index in [4.69, 9.17) is 0 Å². The Kier molecular flexibility index (Phi) is 4.96. The van der Waals surface area contributed by atoms with Crippen LogP contribution in [0.4, 0.5) is 0 Å². The number of carboxylic acid groups (broad SMARTS) is 1. The van der Waals surface area contributed by atoms with Crippen LogP contribution >= 0.6 is 11.8 Å². The molecule has 21 heavy (non-hydrogen) atoms. The Labute approximate surface area is 128 Å². The lowest BCUT2D eigenvalue weighted by Gasteiger charge is -2.12. The summed E-state index contributed by atoms with van der Waals surface area (Å²) in [5.74, 6) is -0.939. The molecule has 110 valence electrons. The summed E-state index contributed by atoms with van der Waals surface area (Å²) in [6, 6.07) is 7.92. The van der Waals surface area contributed by atoms with Crippen molar-refractivity contribution in [3.05, 3.63) is 46.6 Å². The smallest absolute Gasteiger partial charge is 0.338 e. The first-order valence-corrected chi connectivity index (χ1v) is 7.74. The van der Waals surface area contributed by atoms with Crippen LogP contribution in [-0.4, -0.2) is 21.3 Å². The lowest BCUT2D eigenvalue weighted by atomic mass is 10.0. The number of rotatable bonds is 5. The molecule has 0 aliphatic heterocycles. The van der Waals surface area contributed by atoms with Crippen LogP contribution in [0.2, 0.25) is 0 Å². The van der Waals surface area contributed by atoms with Crippen molar-refractivity contribution < 1.29 is 9.90 Å². The standard InChI is InChI=1S/C16H18N2O2S/c1-4-12-13(5-2)17-18-15(14(12)16(19)20)21-11-8-6-10(3)7-9-11/h6-9H,4-5H2,1-3H3,(H,19,20). The summed E-state index contributed by atoms with van der Waals surface area (Å²) in [4.78, 5) is 12.6. The highest BCUT2D eigenvalue weighted by Crippen LogP contribution is 2.31. The van der Waals surface area contributed by atoms with Gasteiger partial charge in [-0.05, 0) is 37.5 Å². The Morgan fingerprint density at radius 3 is 2.33 bits per heavy atom. The van der Waals surface area contributed by atoms with Gasteiger partial charge < -0.3 is 5.11 Å². The van der Waals surface area contributed by atoms with Crippen molar-refractivity contribution in [1.82, 2.24) is 10.2 Å². The lowest BCUT2D eigenvalue weighted by molar-refractivity contribution is 0.0690. The van der Waals surface area contributed by atoms with Gasteiger partial charge in [-0.2, -0.15) is 5.10 Å². The number of hydrogen-bond donors (Lipinski definition) is 1. The monoisotopic (exact) mass is 302 g/mol. The number of benzene rings is 1. The molecule has 0 saturated heterocycles. The maximum absolute atomic E-state index is 11.6. The zero-order valence-corrected chi connectivity index (χ0v) is 13.2. The zero-order valence-electron chi connectivity index (χ0n) is 12.4. The molecule has 2 aromatic rings. The summed E-state index contributed by atoms with van der Waals surface area (Å²) in [6.07, 6.45) is 1.33. The first kappa shape index (κ1) is 15.5. The second-order valence-electron chi connectivity index (χ2n) is 4.73. The van der Waals surface area contributed by atoms with Crippen molar-refractivity contribution in [3.63, 3.8) is 0 Å². The number of carbonyl (C=O) groups is 1. The first-order valence-electron chi connectivity index (χ1n) is 6.93. The van der Waals surface area contributed by atoms with Crippen LogP contribution in [0, 0.1) is 6.92 Å². The van der Waals surface area contributed by atoms with E-state index in [9.17, 15) is 9.90 Å². The third-order valence-corrected chi connectivity index (χ3v) is 4.25. The van der Waals surface area contributed by atoms with Gasteiger partial charge in [-0.3, -0.25) is 0 Å². The molecular formula is C16H18N2O2S. The van der Waals surface area contributed by atoms with Crippen molar-refractivity contribution >= 4 is 17.7 Å². The summed E-state index contributed by atoms with van der Waals surface area (Å²) < 4.78 is 0. The number of aromatic carboxylic acids is 1. The van der Waals surface area contributed by atoms with E-state index in [0.29, 0.717) is 17.9 Å². The second kappa shape index (κ2) is 6.72. The molecule has 0 amide bonds. The molecule has 0 spiro atoms. The van der Waals surface area contributed by atoms with Gasteiger partial charge in [0.05, 0.1) is 11.3 Å². The van der Waals surface area contributed by atoms with Crippen LogP contribution in [-0.2, 0) is 12.8 Å². The minimum Gasteiger partial charge on any atom is -0.478 e. The van der Waals surface area contributed by atoms with Crippen molar-refractivity contribution in [2.45, 2.75) is 43.5 Å². The molecule has 0 atom stereocenters.